The predicted octanol–water partition coefficient (Wildman–Crippen LogP) is 3.37. The third-order valence-electron chi connectivity index (χ3n) is 6.16. The van der Waals surface area contributed by atoms with Crippen LogP contribution >= 0.6 is 0 Å². The lowest BCUT2D eigenvalue weighted by Gasteiger charge is -2.40. The van der Waals surface area contributed by atoms with Crippen LogP contribution in [-0.2, 0) is 6.54 Å². The van der Waals surface area contributed by atoms with Crippen LogP contribution in [0, 0.1) is 11.7 Å². The fraction of sp³-hybridized carbons (Fsp3) is 0.682. The Balaban J connectivity index is 1.50. The quantitative estimate of drug-likeness (QED) is 0.749. The van der Waals surface area contributed by atoms with Gasteiger partial charge in [0.15, 0.2) is 0 Å². The van der Waals surface area contributed by atoms with Crippen LogP contribution in [-0.4, -0.2) is 59.8 Å². The summed E-state index contributed by atoms with van der Waals surface area (Å²) in [4.78, 5) is 16.8. The van der Waals surface area contributed by atoms with Gasteiger partial charge in [0.2, 0.25) is 0 Å². The molecule has 1 aliphatic heterocycles. The third kappa shape index (κ3) is 5.92. The molecule has 0 aromatic heterocycles. The molecule has 2 fully saturated rings. The Morgan fingerprint density at radius 2 is 1.96 bits per heavy atom. The van der Waals surface area contributed by atoms with E-state index in [1.54, 1.807) is 18.2 Å². The van der Waals surface area contributed by atoms with Gasteiger partial charge in [0.1, 0.15) is 5.82 Å². The molecule has 0 bridgehead atoms. The van der Waals surface area contributed by atoms with Crippen molar-refractivity contribution in [2.75, 3.05) is 32.8 Å². The van der Waals surface area contributed by atoms with Gasteiger partial charge in [0.05, 0.1) is 13.2 Å². The number of amides is 2. The largest absolute Gasteiger partial charge is 0.395 e. The van der Waals surface area contributed by atoms with Gasteiger partial charge in [-0.2, -0.15) is 0 Å². The second-order valence-electron chi connectivity index (χ2n) is 8.22. The molecule has 1 heterocycles. The summed E-state index contributed by atoms with van der Waals surface area (Å²) in [5.41, 5.74) is 0.465. The zero-order chi connectivity index (χ0) is 19.8. The molecule has 1 aliphatic carbocycles. The van der Waals surface area contributed by atoms with Gasteiger partial charge in [-0.1, -0.05) is 37.5 Å². The Hall–Kier alpha value is -1.66. The van der Waals surface area contributed by atoms with Crippen LogP contribution in [0.5, 0.6) is 0 Å². The van der Waals surface area contributed by atoms with Gasteiger partial charge in [-0.05, 0) is 44.2 Å². The molecule has 1 aromatic rings. The molecule has 5 nitrogen and oxygen atoms in total. The number of aliphatic hydroxyl groups is 1. The van der Waals surface area contributed by atoms with Crippen LogP contribution < -0.4 is 5.32 Å². The van der Waals surface area contributed by atoms with E-state index in [-0.39, 0.29) is 31.5 Å². The number of piperidine rings is 1. The van der Waals surface area contributed by atoms with E-state index >= 15 is 0 Å². The van der Waals surface area contributed by atoms with Gasteiger partial charge in [-0.25, -0.2) is 9.18 Å². The molecule has 1 aromatic carbocycles. The second kappa shape index (κ2) is 10.8. The molecule has 3 rings (SSSR count). The van der Waals surface area contributed by atoms with Gasteiger partial charge in [-0.3, -0.25) is 0 Å². The van der Waals surface area contributed by atoms with E-state index in [9.17, 15) is 14.3 Å². The molecule has 2 amide bonds. The zero-order valence-corrected chi connectivity index (χ0v) is 16.8. The highest BCUT2D eigenvalue weighted by Crippen LogP contribution is 2.27. The summed E-state index contributed by atoms with van der Waals surface area (Å²) in [5, 5.41) is 12.3. The van der Waals surface area contributed by atoms with Crippen molar-refractivity contribution in [3.63, 3.8) is 0 Å². The second-order valence-corrected chi connectivity index (χ2v) is 8.22. The lowest BCUT2D eigenvalue weighted by Crippen LogP contribution is -2.48. The minimum Gasteiger partial charge on any atom is -0.395 e. The number of likely N-dealkylation sites (tertiary alicyclic amines) is 1. The predicted molar refractivity (Wildman–Crippen MR) is 108 cm³/mol. The Kier molecular flexibility index (Phi) is 8.10. The van der Waals surface area contributed by atoms with Crippen molar-refractivity contribution in [1.29, 1.82) is 0 Å². The van der Waals surface area contributed by atoms with Gasteiger partial charge in [0.25, 0.3) is 0 Å². The summed E-state index contributed by atoms with van der Waals surface area (Å²) < 4.78 is 13.9. The van der Waals surface area contributed by atoms with Crippen molar-refractivity contribution in [2.24, 2.45) is 5.92 Å². The number of carbonyl (C=O) groups excluding carboxylic acids is 1. The molecule has 1 atom stereocenters. The maximum Gasteiger partial charge on any atom is 0.317 e. The Labute approximate surface area is 167 Å². The summed E-state index contributed by atoms with van der Waals surface area (Å²) >= 11 is 0. The average Bonchev–Trinajstić information content (AvgIpc) is 2.74. The number of hydrogen-bond donors (Lipinski definition) is 2. The monoisotopic (exact) mass is 391 g/mol. The van der Waals surface area contributed by atoms with Crippen molar-refractivity contribution in [3.05, 3.63) is 35.6 Å². The van der Waals surface area contributed by atoms with E-state index in [1.807, 2.05) is 0 Å². The molecular weight excluding hydrogens is 357 g/mol. The number of nitrogens with one attached hydrogen (secondary N) is 1. The zero-order valence-electron chi connectivity index (χ0n) is 16.8. The normalized spacial score (nSPS) is 21.4. The maximum atomic E-state index is 13.9. The first-order valence-corrected chi connectivity index (χ1v) is 10.8. The molecule has 0 spiro atoms. The number of hydrogen-bond acceptors (Lipinski definition) is 3. The minimum atomic E-state index is -0.325. The Bertz CT molecular complexity index is 622. The topological polar surface area (TPSA) is 55.8 Å². The SMILES string of the molecule is O=C(NCC1CCCN(C2CCCCC2)C1)N(CCO)Cc1ccccc1F. The van der Waals surface area contributed by atoms with Crippen LogP contribution in [0.2, 0.25) is 0 Å². The lowest BCUT2D eigenvalue weighted by molar-refractivity contribution is 0.0974. The molecule has 1 saturated heterocycles. The van der Waals surface area contributed by atoms with E-state index in [4.69, 9.17) is 0 Å². The van der Waals surface area contributed by atoms with Gasteiger partial charge in [0, 0.05) is 31.2 Å². The summed E-state index contributed by atoms with van der Waals surface area (Å²) in [6.45, 7) is 3.09. The summed E-state index contributed by atoms with van der Waals surface area (Å²) in [7, 11) is 0. The molecule has 6 heteroatoms. The smallest absolute Gasteiger partial charge is 0.317 e. The molecule has 156 valence electrons. The first kappa shape index (κ1) is 21.1. The van der Waals surface area contributed by atoms with E-state index in [2.05, 4.69) is 10.2 Å². The van der Waals surface area contributed by atoms with Crippen LogP contribution in [0.3, 0.4) is 0 Å². The van der Waals surface area contributed by atoms with Crippen LogP contribution in [0.1, 0.15) is 50.5 Å². The Morgan fingerprint density at radius 1 is 1.18 bits per heavy atom. The lowest BCUT2D eigenvalue weighted by atomic mass is 9.90. The standard InChI is InChI=1S/C22H34FN3O2/c23-21-11-5-4-8-19(21)17-26(13-14-27)22(28)24-15-18-7-6-12-25(16-18)20-9-2-1-3-10-20/h4-5,8,11,18,20,27H,1-3,6-7,9-10,12-17H2,(H,24,28). The van der Waals surface area contributed by atoms with Crippen molar-refractivity contribution in [3.8, 4) is 0 Å². The van der Waals surface area contributed by atoms with Crippen molar-refractivity contribution in [1.82, 2.24) is 15.1 Å². The molecule has 2 N–H and O–H groups in total. The van der Waals surface area contributed by atoms with Crippen LogP contribution in [0.15, 0.2) is 24.3 Å². The van der Waals surface area contributed by atoms with Gasteiger partial charge < -0.3 is 20.2 Å². The number of nitrogens with zero attached hydrogens (tertiary/aromatic N) is 2. The molecule has 1 saturated carbocycles. The molecule has 2 aliphatic rings. The fourth-order valence-corrected chi connectivity index (χ4v) is 4.59. The highest BCUT2D eigenvalue weighted by Gasteiger charge is 2.27. The summed E-state index contributed by atoms with van der Waals surface area (Å²) in [6.07, 6.45) is 9.00. The number of rotatable bonds is 7. The molecule has 0 radical (unpaired) electrons. The van der Waals surface area contributed by atoms with Crippen LogP contribution in [0.4, 0.5) is 9.18 Å². The van der Waals surface area contributed by atoms with E-state index in [0.717, 1.165) is 19.0 Å². The molecule has 1 unspecified atom stereocenters. The van der Waals surface area contributed by atoms with E-state index in [0.29, 0.717) is 18.0 Å². The summed E-state index contributed by atoms with van der Waals surface area (Å²) in [5.74, 6) is 0.137. The number of benzene rings is 1. The molecular formula is C22H34FN3O2. The highest BCUT2D eigenvalue weighted by atomic mass is 19.1. The number of halogens is 1. The fourth-order valence-electron chi connectivity index (χ4n) is 4.59. The number of aliphatic hydroxyl groups excluding tert-OH is 1. The third-order valence-corrected chi connectivity index (χ3v) is 6.16. The highest BCUT2D eigenvalue weighted by molar-refractivity contribution is 5.74. The molecule has 28 heavy (non-hydrogen) atoms. The van der Waals surface area contributed by atoms with Gasteiger partial charge >= 0.3 is 6.03 Å². The van der Waals surface area contributed by atoms with E-state index in [1.165, 1.54) is 56.0 Å². The van der Waals surface area contributed by atoms with Gasteiger partial charge in [-0.15, -0.1) is 0 Å². The first-order valence-electron chi connectivity index (χ1n) is 10.8. The van der Waals surface area contributed by atoms with Crippen LogP contribution in [0.25, 0.3) is 0 Å². The van der Waals surface area contributed by atoms with Crippen molar-refractivity contribution >= 4 is 6.03 Å². The number of carbonyl (C=O) groups is 1. The number of urea groups is 1. The van der Waals surface area contributed by atoms with E-state index < -0.39 is 0 Å². The van der Waals surface area contributed by atoms with Crippen molar-refractivity contribution < 1.29 is 14.3 Å². The maximum absolute atomic E-state index is 13.9. The first-order chi connectivity index (χ1) is 13.7. The minimum absolute atomic E-state index is 0.138. The average molecular weight is 392 g/mol. The Morgan fingerprint density at radius 3 is 2.71 bits per heavy atom. The van der Waals surface area contributed by atoms with Crippen molar-refractivity contribution in [2.45, 2.75) is 57.5 Å². The summed E-state index contributed by atoms with van der Waals surface area (Å²) in [6, 6.07) is 6.96.